The molecule has 3 aromatic rings. The van der Waals surface area contributed by atoms with E-state index in [9.17, 15) is 9.59 Å². The van der Waals surface area contributed by atoms with Gasteiger partial charge in [-0.3, -0.25) is 14.4 Å². The second kappa shape index (κ2) is 7.92. The Morgan fingerprint density at radius 3 is 2.46 bits per heavy atom. The van der Waals surface area contributed by atoms with Gasteiger partial charge in [0.2, 0.25) is 5.69 Å². The number of methoxy groups -OCH3 is 2. The van der Waals surface area contributed by atoms with Gasteiger partial charge in [0.15, 0.2) is 5.75 Å². The highest BCUT2D eigenvalue weighted by Gasteiger charge is 2.22. The predicted octanol–water partition coefficient (Wildman–Crippen LogP) is 1.07. The first-order valence-electron chi connectivity index (χ1n) is 8.18. The molecule has 0 saturated carbocycles. The first-order valence-corrected chi connectivity index (χ1v) is 8.18. The van der Waals surface area contributed by atoms with Gasteiger partial charge >= 0.3 is 5.91 Å². The quantitative estimate of drug-likeness (QED) is 0.585. The summed E-state index contributed by atoms with van der Waals surface area (Å²) < 4.78 is 13.6. The molecule has 1 aromatic carbocycles. The zero-order chi connectivity index (χ0) is 20.3. The minimum absolute atomic E-state index is 0.0407. The Hall–Kier alpha value is -3.66. The minimum Gasteiger partial charge on any atom is -0.494 e. The van der Waals surface area contributed by atoms with Crippen molar-refractivity contribution in [2.75, 3.05) is 28.4 Å². The number of carbonyl (C=O) groups is 1. The molecular weight excluding hydrogens is 366 g/mol. The van der Waals surface area contributed by atoms with E-state index < -0.39 is 11.3 Å². The summed E-state index contributed by atoms with van der Waals surface area (Å²) >= 11 is 0. The topological polar surface area (TPSA) is 101 Å². The van der Waals surface area contributed by atoms with Crippen LogP contribution in [-0.4, -0.2) is 58.9 Å². The van der Waals surface area contributed by atoms with Crippen molar-refractivity contribution in [3.8, 4) is 22.9 Å². The second-order valence-electron chi connectivity index (χ2n) is 5.61. The van der Waals surface area contributed by atoms with Gasteiger partial charge in [0.05, 0.1) is 33.2 Å². The number of aromatic nitrogens is 4. The summed E-state index contributed by atoms with van der Waals surface area (Å²) in [5.74, 6) is -0.280. The second-order valence-corrected chi connectivity index (χ2v) is 5.61. The highest BCUT2D eigenvalue weighted by atomic mass is 16.7. The summed E-state index contributed by atoms with van der Waals surface area (Å²) in [5, 5.41) is 9.26. The maximum absolute atomic E-state index is 12.5. The lowest BCUT2D eigenvalue weighted by molar-refractivity contribution is -0.0762. The average Bonchev–Trinajstić information content (AvgIpc) is 3.27. The Balaban J connectivity index is 2.15. The van der Waals surface area contributed by atoms with E-state index in [1.54, 1.807) is 41.3 Å². The standard InChI is InChI=1S/C18H19N5O5/c1-21(28-4)18(25)16-17(24)15(27-3)11-23(20-16)13-7-6-12(10-14(13)26-2)22-9-5-8-19-22/h5-11H,1-4H3. The summed E-state index contributed by atoms with van der Waals surface area (Å²) in [4.78, 5) is 29.8. The van der Waals surface area contributed by atoms with Crippen molar-refractivity contribution >= 4 is 5.91 Å². The number of rotatable bonds is 6. The fraction of sp³-hybridized carbons (Fsp3) is 0.222. The molecule has 2 heterocycles. The zero-order valence-corrected chi connectivity index (χ0v) is 15.8. The van der Waals surface area contributed by atoms with Gasteiger partial charge in [-0.2, -0.15) is 10.2 Å². The Morgan fingerprint density at radius 2 is 1.86 bits per heavy atom. The van der Waals surface area contributed by atoms with Crippen molar-refractivity contribution in [1.82, 2.24) is 24.6 Å². The fourth-order valence-corrected chi connectivity index (χ4v) is 2.53. The largest absolute Gasteiger partial charge is 0.494 e. The van der Waals surface area contributed by atoms with Gasteiger partial charge in [0.25, 0.3) is 5.43 Å². The monoisotopic (exact) mass is 385 g/mol. The van der Waals surface area contributed by atoms with Gasteiger partial charge in [-0.05, 0) is 18.2 Å². The smallest absolute Gasteiger partial charge is 0.301 e. The average molecular weight is 385 g/mol. The van der Waals surface area contributed by atoms with E-state index in [0.717, 1.165) is 10.8 Å². The normalized spacial score (nSPS) is 10.6. The highest BCUT2D eigenvalue weighted by molar-refractivity contribution is 5.91. The van der Waals surface area contributed by atoms with Crippen LogP contribution in [0, 0.1) is 0 Å². The van der Waals surface area contributed by atoms with Crippen LogP contribution in [0.2, 0.25) is 0 Å². The molecule has 0 radical (unpaired) electrons. The third-order valence-electron chi connectivity index (χ3n) is 4.05. The molecule has 10 heteroatoms. The molecule has 0 aliphatic carbocycles. The first-order chi connectivity index (χ1) is 13.5. The van der Waals surface area contributed by atoms with Crippen LogP contribution in [0.4, 0.5) is 0 Å². The van der Waals surface area contributed by atoms with Crippen molar-refractivity contribution in [3.05, 3.63) is 58.8 Å². The van der Waals surface area contributed by atoms with Crippen molar-refractivity contribution < 1.29 is 19.1 Å². The summed E-state index contributed by atoms with van der Waals surface area (Å²) in [6.45, 7) is 0. The molecule has 0 spiro atoms. The van der Waals surface area contributed by atoms with Crippen LogP contribution < -0.4 is 14.9 Å². The summed E-state index contributed by atoms with van der Waals surface area (Å²) in [6.07, 6.45) is 4.85. The number of carbonyl (C=O) groups excluding carboxylic acids is 1. The minimum atomic E-state index is -0.702. The molecule has 28 heavy (non-hydrogen) atoms. The Morgan fingerprint density at radius 1 is 1.11 bits per heavy atom. The van der Waals surface area contributed by atoms with Gasteiger partial charge in [-0.15, -0.1) is 0 Å². The summed E-state index contributed by atoms with van der Waals surface area (Å²) in [7, 11) is 5.55. The molecule has 0 saturated heterocycles. The molecule has 1 amide bonds. The predicted molar refractivity (Wildman–Crippen MR) is 99.2 cm³/mol. The molecule has 0 bridgehead atoms. The van der Waals surface area contributed by atoms with Crippen molar-refractivity contribution in [3.63, 3.8) is 0 Å². The lowest BCUT2D eigenvalue weighted by Gasteiger charge is -2.16. The first kappa shape index (κ1) is 19.1. The van der Waals surface area contributed by atoms with Crippen LogP contribution in [0.1, 0.15) is 10.5 Å². The molecule has 3 rings (SSSR count). The molecule has 0 atom stereocenters. The van der Waals surface area contributed by atoms with Crippen LogP contribution in [0.15, 0.2) is 47.7 Å². The van der Waals surface area contributed by atoms with Crippen LogP contribution in [0.25, 0.3) is 11.4 Å². The van der Waals surface area contributed by atoms with Gasteiger partial charge in [0, 0.05) is 25.5 Å². The van der Waals surface area contributed by atoms with Crippen molar-refractivity contribution in [1.29, 1.82) is 0 Å². The molecule has 0 unspecified atom stereocenters. The van der Waals surface area contributed by atoms with Gasteiger partial charge in [0.1, 0.15) is 11.4 Å². The van der Waals surface area contributed by atoms with Crippen LogP contribution in [0.5, 0.6) is 11.5 Å². The van der Waals surface area contributed by atoms with E-state index in [-0.39, 0.29) is 11.4 Å². The number of amides is 1. The number of benzene rings is 1. The number of hydrogen-bond acceptors (Lipinski definition) is 7. The van der Waals surface area contributed by atoms with Gasteiger partial charge < -0.3 is 9.47 Å². The number of hydroxylamine groups is 2. The van der Waals surface area contributed by atoms with Crippen molar-refractivity contribution in [2.45, 2.75) is 0 Å². The molecule has 146 valence electrons. The molecule has 0 N–H and O–H groups in total. The summed E-state index contributed by atoms with van der Waals surface area (Å²) in [5.41, 5.74) is 0.293. The van der Waals surface area contributed by atoms with Crippen LogP contribution in [-0.2, 0) is 4.84 Å². The van der Waals surface area contributed by atoms with E-state index in [2.05, 4.69) is 10.2 Å². The van der Waals surface area contributed by atoms with Crippen molar-refractivity contribution in [2.24, 2.45) is 0 Å². The molecule has 10 nitrogen and oxygen atoms in total. The lowest BCUT2D eigenvalue weighted by atomic mass is 10.2. The number of nitrogens with zero attached hydrogens (tertiary/aromatic N) is 5. The molecule has 2 aromatic heterocycles. The van der Waals surface area contributed by atoms with Crippen LogP contribution in [0.3, 0.4) is 0 Å². The van der Waals surface area contributed by atoms with Crippen LogP contribution >= 0.6 is 0 Å². The Bertz CT molecular complexity index is 1050. The third-order valence-corrected chi connectivity index (χ3v) is 4.05. The van der Waals surface area contributed by atoms with E-state index in [1.165, 1.54) is 39.3 Å². The lowest BCUT2D eigenvalue weighted by Crippen LogP contribution is -2.33. The van der Waals surface area contributed by atoms with E-state index in [0.29, 0.717) is 11.4 Å². The Kier molecular flexibility index (Phi) is 5.41. The maximum Gasteiger partial charge on any atom is 0.301 e. The number of hydrogen-bond donors (Lipinski definition) is 0. The third kappa shape index (κ3) is 3.45. The van der Waals surface area contributed by atoms with Gasteiger partial charge in [-0.1, -0.05) is 0 Å². The van der Waals surface area contributed by atoms with E-state index in [1.807, 2.05) is 0 Å². The van der Waals surface area contributed by atoms with E-state index in [4.69, 9.17) is 14.3 Å². The fourth-order valence-electron chi connectivity index (χ4n) is 2.53. The molecule has 0 aliphatic rings. The highest BCUT2D eigenvalue weighted by Crippen LogP contribution is 2.26. The molecule has 0 aliphatic heterocycles. The zero-order valence-electron chi connectivity index (χ0n) is 15.8. The SMILES string of the molecule is COc1cc(-n2cccn2)ccc1-n1cc(OC)c(=O)c(C(=O)N(C)OC)n1. The Labute approximate surface area is 160 Å². The number of ether oxygens (including phenoxy) is 2. The summed E-state index contributed by atoms with van der Waals surface area (Å²) in [6, 6.07) is 7.11. The molecular formula is C18H19N5O5. The maximum atomic E-state index is 12.5. The van der Waals surface area contributed by atoms with Gasteiger partial charge in [-0.25, -0.2) is 14.4 Å². The molecule has 0 fully saturated rings. The van der Waals surface area contributed by atoms with E-state index >= 15 is 0 Å².